The van der Waals surface area contributed by atoms with E-state index in [0.29, 0.717) is 12.7 Å². The van der Waals surface area contributed by atoms with Crippen molar-refractivity contribution in [1.29, 1.82) is 0 Å². The first-order valence-corrected chi connectivity index (χ1v) is 8.46. The maximum atomic E-state index is 6.13. The minimum absolute atomic E-state index is 0.336. The molecule has 0 unspecified atom stereocenters. The molecule has 1 aliphatic heterocycles. The standard InChI is InChI=1S/C19H22ClNO2/c20-17-8-9-19(23-14-15-5-2-1-3-6-15)16(11-17)12-21-13-18-7-4-10-22-18/h1-3,5-6,8-9,11,18,21H,4,7,10,12-14H2/t18-/m1/s1. The lowest BCUT2D eigenvalue weighted by Crippen LogP contribution is -2.26. The van der Waals surface area contributed by atoms with Crippen molar-refractivity contribution in [3.8, 4) is 5.75 Å². The Hall–Kier alpha value is -1.55. The number of hydrogen-bond acceptors (Lipinski definition) is 3. The summed E-state index contributed by atoms with van der Waals surface area (Å²) in [4.78, 5) is 0. The Labute approximate surface area is 142 Å². The van der Waals surface area contributed by atoms with E-state index in [1.807, 2.05) is 36.4 Å². The molecule has 0 amide bonds. The van der Waals surface area contributed by atoms with Gasteiger partial charge in [-0.05, 0) is 36.6 Å². The summed E-state index contributed by atoms with van der Waals surface area (Å²) in [6, 6.07) is 15.9. The normalized spacial score (nSPS) is 17.3. The van der Waals surface area contributed by atoms with E-state index < -0.39 is 0 Å². The molecule has 0 spiro atoms. The lowest BCUT2D eigenvalue weighted by Gasteiger charge is -2.14. The molecule has 1 heterocycles. The summed E-state index contributed by atoms with van der Waals surface area (Å²) in [5.41, 5.74) is 2.23. The van der Waals surface area contributed by atoms with E-state index in [4.69, 9.17) is 21.1 Å². The van der Waals surface area contributed by atoms with Gasteiger partial charge in [-0.2, -0.15) is 0 Å². The van der Waals surface area contributed by atoms with Crippen LogP contribution < -0.4 is 10.1 Å². The summed E-state index contributed by atoms with van der Waals surface area (Å²) in [6.45, 7) is 3.03. The summed E-state index contributed by atoms with van der Waals surface area (Å²) >= 11 is 6.13. The van der Waals surface area contributed by atoms with Crippen molar-refractivity contribution in [2.24, 2.45) is 0 Å². The molecular weight excluding hydrogens is 310 g/mol. The number of halogens is 1. The summed E-state index contributed by atoms with van der Waals surface area (Å²) in [6.07, 6.45) is 2.64. The fourth-order valence-electron chi connectivity index (χ4n) is 2.74. The second-order valence-electron chi connectivity index (χ2n) is 5.79. The topological polar surface area (TPSA) is 30.5 Å². The molecule has 1 aliphatic rings. The summed E-state index contributed by atoms with van der Waals surface area (Å²) < 4.78 is 11.6. The van der Waals surface area contributed by atoms with Crippen LogP contribution in [0.25, 0.3) is 0 Å². The summed E-state index contributed by atoms with van der Waals surface area (Å²) in [5.74, 6) is 0.873. The van der Waals surface area contributed by atoms with Gasteiger partial charge in [0, 0.05) is 30.3 Å². The van der Waals surface area contributed by atoms with Crippen LogP contribution in [-0.2, 0) is 17.9 Å². The number of rotatable bonds is 7. The van der Waals surface area contributed by atoms with Gasteiger partial charge in [-0.25, -0.2) is 0 Å². The number of benzene rings is 2. The van der Waals surface area contributed by atoms with Crippen LogP contribution in [0.2, 0.25) is 5.02 Å². The molecule has 1 N–H and O–H groups in total. The van der Waals surface area contributed by atoms with E-state index in [1.54, 1.807) is 0 Å². The molecule has 23 heavy (non-hydrogen) atoms. The van der Waals surface area contributed by atoms with Crippen LogP contribution in [0.15, 0.2) is 48.5 Å². The Kier molecular flexibility index (Phi) is 5.92. The van der Waals surface area contributed by atoms with E-state index in [-0.39, 0.29) is 0 Å². The average Bonchev–Trinajstić information content (AvgIpc) is 3.08. The third kappa shape index (κ3) is 4.96. The van der Waals surface area contributed by atoms with Crippen molar-refractivity contribution in [3.63, 3.8) is 0 Å². The predicted octanol–water partition coefficient (Wildman–Crippen LogP) is 4.19. The predicted molar refractivity (Wildman–Crippen MR) is 92.9 cm³/mol. The third-order valence-electron chi connectivity index (χ3n) is 3.97. The van der Waals surface area contributed by atoms with Gasteiger partial charge < -0.3 is 14.8 Å². The molecule has 4 heteroatoms. The Morgan fingerprint density at radius 2 is 2.04 bits per heavy atom. The number of nitrogens with one attached hydrogen (secondary N) is 1. The number of ether oxygens (including phenoxy) is 2. The molecule has 0 bridgehead atoms. The monoisotopic (exact) mass is 331 g/mol. The van der Waals surface area contributed by atoms with Gasteiger partial charge in [0.1, 0.15) is 12.4 Å². The van der Waals surface area contributed by atoms with Crippen LogP contribution in [0, 0.1) is 0 Å². The van der Waals surface area contributed by atoms with Gasteiger partial charge in [0.05, 0.1) is 6.10 Å². The van der Waals surface area contributed by atoms with E-state index in [9.17, 15) is 0 Å². The van der Waals surface area contributed by atoms with Crippen molar-refractivity contribution in [2.45, 2.75) is 32.1 Å². The second kappa shape index (κ2) is 8.34. The van der Waals surface area contributed by atoms with E-state index >= 15 is 0 Å². The third-order valence-corrected chi connectivity index (χ3v) is 4.21. The zero-order valence-electron chi connectivity index (χ0n) is 13.1. The first kappa shape index (κ1) is 16.3. The van der Waals surface area contributed by atoms with Crippen molar-refractivity contribution < 1.29 is 9.47 Å². The first-order chi connectivity index (χ1) is 11.3. The Balaban J connectivity index is 1.58. The highest BCUT2D eigenvalue weighted by Gasteiger charge is 2.15. The SMILES string of the molecule is Clc1ccc(OCc2ccccc2)c(CNC[C@H]2CCCO2)c1. The molecule has 0 aromatic heterocycles. The molecule has 3 nitrogen and oxygen atoms in total. The van der Waals surface area contributed by atoms with E-state index in [0.717, 1.165) is 54.4 Å². The lowest BCUT2D eigenvalue weighted by molar-refractivity contribution is 0.110. The van der Waals surface area contributed by atoms with Gasteiger partial charge in [0.15, 0.2) is 0 Å². The van der Waals surface area contributed by atoms with Crippen LogP contribution in [0.1, 0.15) is 24.0 Å². The molecule has 3 rings (SSSR count). The van der Waals surface area contributed by atoms with Gasteiger partial charge in [-0.15, -0.1) is 0 Å². The van der Waals surface area contributed by atoms with Crippen LogP contribution in [0.4, 0.5) is 0 Å². The van der Waals surface area contributed by atoms with Crippen LogP contribution in [0.3, 0.4) is 0 Å². The van der Waals surface area contributed by atoms with Crippen LogP contribution in [0.5, 0.6) is 5.75 Å². The highest BCUT2D eigenvalue weighted by molar-refractivity contribution is 6.30. The fraction of sp³-hybridized carbons (Fsp3) is 0.368. The average molecular weight is 332 g/mol. The number of hydrogen-bond donors (Lipinski definition) is 1. The maximum absolute atomic E-state index is 6.13. The molecule has 2 aromatic rings. The Bertz CT molecular complexity index is 612. The van der Waals surface area contributed by atoms with Gasteiger partial charge in [-0.3, -0.25) is 0 Å². The molecular formula is C19H22ClNO2. The quantitative estimate of drug-likeness (QED) is 0.825. The minimum Gasteiger partial charge on any atom is -0.489 e. The minimum atomic E-state index is 0.336. The molecule has 2 aromatic carbocycles. The fourth-order valence-corrected chi connectivity index (χ4v) is 2.93. The zero-order chi connectivity index (χ0) is 15.9. The van der Waals surface area contributed by atoms with Crippen molar-refractivity contribution in [3.05, 3.63) is 64.7 Å². The summed E-state index contributed by atoms with van der Waals surface area (Å²) in [7, 11) is 0. The molecule has 122 valence electrons. The Morgan fingerprint density at radius 3 is 2.83 bits per heavy atom. The van der Waals surface area contributed by atoms with Gasteiger partial charge in [-0.1, -0.05) is 41.9 Å². The van der Waals surface area contributed by atoms with Gasteiger partial charge in [0.2, 0.25) is 0 Å². The Morgan fingerprint density at radius 1 is 1.17 bits per heavy atom. The van der Waals surface area contributed by atoms with Crippen molar-refractivity contribution in [2.75, 3.05) is 13.2 Å². The summed E-state index contributed by atoms with van der Waals surface area (Å²) in [5, 5.41) is 4.17. The lowest BCUT2D eigenvalue weighted by atomic mass is 10.2. The molecule has 1 fully saturated rings. The largest absolute Gasteiger partial charge is 0.489 e. The molecule has 0 saturated carbocycles. The molecule has 0 radical (unpaired) electrons. The van der Waals surface area contributed by atoms with Crippen molar-refractivity contribution in [1.82, 2.24) is 5.32 Å². The van der Waals surface area contributed by atoms with E-state index in [2.05, 4.69) is 17.4 Å². The van der Waals surface area contributed by atoms with E-state index in [1.165, 1.54) is 0 Å². The second-order valence-corrected chi connectivity index (χ2v) is 6.23. The smallest absolute Gasteiger partial charge is 0.124 e. The highest BCUT2D eigenvalue weighted by Crippen LogP contribution is 2.24. The highest BCUT2D eigenvalue weighted by atomic mass is 35.5. The maximum Gasteiger partial charge on any atom is 0.124 e. The first-order valence-electron chi connectivity index (χ1n) is 8.09. The van der Waals surface area contributed by atoms with Gasteiger partial charge in [0.25, 0.3) is 0 Å². The molecule has 0 aliphatic carbocycles. The van der Waals surface area contributed by atoms with Crippen molar-refractivity contribution >= 4 is 11.6 Å². The van der Waals surface area contributed by atoms with Gasteiger partial charge >= 0.3 is 0 Å². The molecule has 1 saturated heterocycles. The van der Waals surface area contributed by atoms with Crippen LogP contribution >= 0.6 is 11.6 Å². The molecule has 1 atom stereocenters. The van der Waals surface area contributed by atoms with Crippen LogP contribution in [-0.4, -0.2) is 19.3 Å². The zero-order valence-corrected chi connectivity index (χ0v) is 13.9.